The van der Waals surface area contributed by atoms with Crippen LogP contribution in [0.2, 0.25) is 0 Å². The maximum Gasteiger partial charge on any atom is 0.333 e. The highest BCUT2D eigenvalue weighted by atomic mass is 19.1. The number of nitrogens with one attached hydrogen (secondary N) is 2. The molecule has 238 valence electrons. The number of anilines is 1. The van der Waals surface area contributed by atoms with E-state index in [9.17, 15) is 28.8 Å². The number of nitrogens with zero attached hydrogens (tertiary/aromatic N) is 5. The predicted molar refractivity (Wildman–Crippen MR) is 171 cm³/mol. The highest BCUT2D eigenvalue weighted by Crippen LogP contribution is 2.31. The number of urea groups is 1. The summed E-state index contributed by atoms with van der Waals surface area (Å²) in [6, 6.07) is 27.1. The summed E-state index contributed by atoms with van der Waals surface area (Å²) in [4.78, 5) is 55.5. The second-order valence-corrected chi connectivity index (χ2v) is 11.4. The van der Waals surface area contributed by atoms with Crippen LogP contribution in [0.25, 0.3) is 10.8 Å². The molecule has 2 fully saturated rings. The summed E-state index contributed by atoms with van der Waals surface area (Å²) in [7, 11) is 0. The molecule has 0 aliphatic carbocycles. The van der Waals surface area contributed by atoms with Crippen LogP contribution >= 0.6 is 0 Å². The van der Waals surface area contributed by atoms with Crippen LogP contribution in [0.5, 0.6) is 0 Å². The fraction of sp³-hybridized carbons (Fsp3) is 0.229. The molecular formula is C35H32FN7O4. The lowest BCUT2D eigenvalue weighted by Crippen LogP contribution is -2.66. The van der Waals surface area contributed by atoms with Crippen LogP contribution < -0.4 is 10.6 Å². The summed E-state index contributed by atoms with van der Waals surface area (Å²) in [5.41, 5.74) is 2.98. The Hall–Kier alpha value is -5.80. The fourth-order valence-electron chi connectivity index (χ4n) is 6.27. The standard InChI is InChI=1S/C35H32FN7O4/c36-28-12-8-25(9-13-28)19-38-35(47)41(17-16-37)42-22-33(45)43-31(18-24-10-14-29(15-11-24)39-23-44)34(46)40(21-32(42)43)20-27-6-3-5-26-4-1-2-7-30(26)27/h1-15,23,31-32H,17-22H2,(H,38,47)(H,39,44)/t31-,32+/m0/s1. The lowest BCUT2D eigenvalue weighted by molar-refractivity contribution is -0.157. The number of nitriles is 1. The summed E-state index contributed by atoms with van der Waals surface area (Å²) in [5.74, 6) is -0.969. The number of hydrogen-bond donors (Lipinski definition) is 2. The van der Waals surface area contributed by atoms with Crippen molar-refractivity contribution < 1.29 is 23.6 Å². The van der Waals surface area contributed by atoms with Crippen LogP contribution in [-0.4, -0.2) is 75.9 Å². The molecule has 2 N–H and O–H groups in total. The Morgan fingerprint density at radius 2 is 1.70 bits per heavy atom. The second-order valence-electron chi connectivity index (χ2n) is 11.4. The van der Waals surface area contributed by atoms with Gasteiger partial charge in [-0.2, -0.15) is 10.3 Å². The van der Waals surface area contributed by atoms with Gasteiger partial charge in [0, 0.05) is 25.2 Å². The van der Waals surface area contributed by atoms with Gasteiger partial charge in [-0.3, -0.25) is 14.4 Å². The van der Waals surface area contributed by atoms with Gasteiger partial charge in [0.2, 0.25) is 18.2 Å². The van der Waals surface area contributed by atoms with Crippen LogP contribution in [-0.2, 0) is 33.9 Å². The van der Waals surface area contributed by atoms with E-state index < -0.39 is 24.1 Å². The minimum atomic E-state index is -0.877. The molecule has 0 spiro atoms. The van der Waals surface area contributed by atoms with E-state index in [1.54, 1.807) is 46.3 Å². The number of hydrogen-bond acceptors (Lipinski definition) is 6. The summed E-state index contributed by atoms with van der Waals surface area (Å²) in [5, 5.41) is 19.8. The number of halogens is 1. The lowest BCUT2D eigenvalue weighted by atomic mass is 9.98. The number of benzene rings is 4. The van der Waals surface area contributed by atoms with E-state index in [-0.39, 0.29) is 51.0 Å². The molecule has 2 saturated heterocycles. The monoisotopic (exact) mass is 633 g/mol. The van der Waals surface area contributed by atoms with Crippen molar-refractivity contribution in [2.75, 3.05) is 25.0 Å². The first kappa shape index (κ1) is 31.2. The second kappa shape index (κ2) is 13.7. The summed E-state index contributed by atoms with van der Waals surface area (Å²) < 4.78 is 13.4. The van der Waals surface area contributed by atoms with Gasteiger partial charge in [-0.15, -0.1) is 0 Å². The molecule has 4 aromatic rings. The van der Waals surface area contributed by atoms with E-state index in [0.29, 0.717) is 17.7 Å². The average molecular weight is 634 g/mol. The molecule has 2 heterocycles. The van der Waals surface area contributed by atoms with E-state index in [1.165, 1.54) is 22.0 Å². The van der Waals surface area contributed by atoms with Gasteiger partial charge in [0.05, 0.1) is 19.2 Å². The van der Waals surface area contributed by atoms with E-state index in [1.807, 2.05) is 48.5 Å². The highest BCUT2D eigenvalue weighted by Gasteiger charge is 2.52. The fourth-order valence-corrected chi connectivity index (χ4v) is 6.27. The number of carbonyl (C=O) groups excluding carboxylic acids is 4. The Labute approximate surface area is 270 Å². The van der Waals surface area contributed by atoms with E-state index in [0.717, 1.165) is 21.9 Å². The summed E-state index contributed by atoms with van der Waals surface area (Å²) in [6.07, 6.45) is 0.0636. The van der Waals surface area contributed by atoms with Gasteiger partial charge < -0.3 is 20.4 Å². The number of amides is 5. The highest BCUT2D eigenvalue weighted by molar-refractivity contribution is 5.92. The number of fused-ring (bicyclic) bond motifs is 2. The van der Waals surface area contributed by atoms with Crippen molar-refractivity contribution in [3.8, 4) is 6.07 Å². The molecule has 2 aliphatic heterocycles. The zero-order chi connectivity index (χ0) is 32.9. The molecule has 47 heavy (non-hydrogen) atoms. The minimum absolute atomic E-state index is 0.0838. The average Bonchev–Trinajstić information content (AvgIpc) is 3.41. The Morgan fingerprint density at radius 1 is 0.979 bits per heavy atom. The number of carbonyl (C=O) groups is 4. The van der Waals surface area contributed by atoms with E-state index >= 15 is 0 Å². The van der Waals surface area contributed by atoms with Crippen molar-refractivity contribution in [1.82, 2.24) is 25.1 Å². The molecular weight excluding hydrogens is 601 g/mol. The van der Waals surface area contributed by atoms with Crippen molar-refractivity contribution in [1.29, 1.82) is 5.26 Å². The van der Waals surface area contributed by atoms with Crippen molar-refractivity contribution in [3.05, 3.63) is 114 Å². The van der Waals surface area contributed by atoms with Gasteiger partial charge in [0.1, 0.15) is 24.6 Å². The SMILES string of the molecule is N#CCN(C(=O)NCc1ccc(F)cc1)N1CC(=O)N2[C@@H](Cc3ccc(NC=O)cc3)C(=O)N(Cc3cccc4ccccc34)C[C@@H]21. The Balaban J connectivity index is 1.31. The number of rotatable bonds is 10. The number of piperazine rings is 1. The third-order valence-corrected chi connectivity index (χ3v) is 8.54. The summed E-state index contributed by atoms with van der Waals surface area (Å²) in [6.45, 7) is -0.0647. The van der Waals surface area contributed by atoms with Crippen LogP contribution in [0.3, 0.4) is 0 Å². The molecule has 12 heteroatoms. The molecule has 0 bridgehead atoms. The molecule has 6 rings (SSSR count). The first-order chi connectivity index (χ1) is 22.9. The number of hydrazine groups is 1. The van der Waals surface area contributed by atoms with Gasteiger partial charge in [-0.1, -0.05) is 66.7 Å². The van der Waals surface area contributed by atoms with Crippen molar-refractivity contribution >= 4 is 40.7 Å². The Bertz CT molecular complexity index is 1840. The maximum atomic E-state index is 14.2. The molecule has 4 aromatic carbocycles. The normalized spacial score (nSPS) is 17.7. The zero-order valence-electron chi connectivity index (χ0n) is 25.4. The quantitative estimate of drug-likeness (QED) is 0.203. The van der Waals surface area contributed by atoms with Gasteiger partial charge in [-0.05, 0) is 51.7 Å². The van der Waals surface area contributed by atoms with Crippen molar-refractivity contribution in [3.63, 3.8) is 0 Å². The third-order valence-electron chi connectivity index (χ3n) is 8.54. The molecule has 0 radical (unpaired) electrons. The smallest absolute Gasteiger partial charge is 0.333 e. The van der Waals surface area contributed by atoms with Gasteiger partial charge in [0.25, 0.3) is 0 Å². The first-order valence-electron chi connectivity index (χ1n) is 15.2. The van der Waals surface area contributed by atoms with E-state index in [2.05, 4.69) is 10.6 Å². The van der Waals surface area contributed by atoms with Crippen LogP contribution in [0.4, 0.5) is 14.9 Å². The molecule has 0 aromatic heterocycles. The molecule has 2 aliphatic rings. The van der Waals surface area contributed by atoms with Gasteiger partial charge >= 0.3 is 6.03 Å². The third kappa shape index (κ3) is 6.61. The van der Waals surface area contributed by atoms with Crippen LogP contribution in [0, 0.1) is 17.1 Å². The van der Waals surface area contributed by atoms with Crippen LogP contribution in [0.15, 0.2) is 91.0 Å². The van der Waals surface area contributed by atoms with E-state index in [4.69, 9.17) is 0 Å². The molecule has 0 saturated carbocycles. The largest absolute Gasteiger partial charge is 0.333 e. The van der Waals surface area contributed by atoms with Crippen LogP contribution in [0.1, 0.15) is 16.7 Å². The zero-order valence-corrected chi connectivity index (χ0v) is 25.4. The predicted octanol–water partition coefficient (Wildman–Crippen LogP) is 3.62. The molecule has 0 unspecified atom stereocenters. The first-order valence-corrected chi connectivity index (χ1v) is 15.2. The molecule has 11 nitrogen and oxygen atoms in total. The lowest BCUT2D eigenvalue weighted by Gasteiger charge is -2.46. The molecule has 2 atom stereocenters. The Morgan fingerprint density at radius 3 is 2.45 bits per heavy atom. The summed E-state index contributed by atoms with van der Waals surface area (Å²) >= 11 is 0. The van der Waals surface area contributed by atoms with Gasteiger partial charge in [0.15, 0.2) is 0 Å². The van der Waals surface area contributed by atoms with Crippen molar-refractivity contribution in [2.24, 2.45) is 0 Å². The minimum Gasteiger partial charge on any atom is -0.333 e. The van der Waals surface area contributed by atoms with Crippen molar-refractivity contribution in [2.45, 2.75) is 31.7 Å². The maximum absolute atomic E-state index is 14.2. The molecule has 5 amide bonds. The Kier molecular flexibility index (Phi) is 9.08. The topological polar surface area (TPSA) is 129 Å². The van der Waals surface area contributed by atoms with Gasteiger partial charge in [-0.25, -0.2) is 14.2 Å².